The van der Waals surface area contributed by atoms with Crippen LogP contribution in [0.4, 0.5) is 4.79 Å². The normalized spacial score (nSPS) is 15.7. The fourth-order valence-electron chi connectivity index (χ4n) is 2.64. The largest absolute Gasteiger partial charge is 0.381 e. The van der Waals surface area contributed by atoms with E-state index >= 15 is 0 Å². The molecule has 1 saturated heterocycles. The summed E-state index contributed by atoms with van der Waals surface area (Å²) in [6.07, 6.45) is 1.81. The molecule has 0 aromatic heterocycles. The number of nitrogens with zero attached hydrogens (tertiary/aromatic N) is 2. The average Bonchev–Trinajstić information content (AvgIpc) is 2.55. The minimum absolute atomic E-state index is 0.00583. The Morgan fingerprint density at radius 3 is 2.48 bits per heavy atom. The Morgan fingerprint density at radius 2 is 1.87 bits per heavy atom. The number of benzene rings is 1. The van der Waals surface area contributed by atoms with Crippen LogP contribution in [0.5, 0.6) is 0 Å². The number of halogens is 1. The maximum absolute atomic E-state index is 12.6. The molecule has 0 bridgehead atoms. The number of likely N-dealkylation sites (N-methyl/N-ethyl adjacent to an activating group) is 1. The Morgan fingerprint density at radius 1 is 1.22 bits per heavy atom. The van der Waals surface area contributed by atoms with E-state index in [0.717, 1.165) is 44.7 Å². The third-order valence-corrected chi connectivity index (χ3v) is 4.29. The zero-order valence-corrected chi connectivity index (χ0v) is 14.7. The molecule has 128 valence electrons. The molecule has 0 unspecified atom stereocenters. The average molecular weight is 340 g/mol. The topological polar surface area (TPSA) is 44.8 Å². The first-order chi connectivity index (χ1) is 11.1. The second kappa shape index (κ2) is 9.11. The SMILES string of the molecule is CN(C)CCN(C(=O)NCc1ccc(Cl)cc1)C1CCOCC1. The van der Waals surface area contributed by atoms with E-state index in [0.29, 0.717) is 11.6 Å². The van der Waals surface area contributed by atoms with Crippen molar-refractivity contribution in [2.75, 3.05) is 40.4 Å². The highest BCUT2D eigenvalue weighted by Crippen LogP contribution is 2.15. The van der Waals surface area contributed by atoms with Gasteiger partial charge in [-0.25, -0.2) is 4.79 Å². The van der Waals surface area contributed by atoms with Crippen molar-refractivity contribution in [3.05, 3.63) is 34.9 Å². The zero-order chi connectivity index (χ0) is 16.7. The molecular weight excluding hydrogens is 314 g/mol. The van der Waals surface area contributed by atoms with E-state index in [-0.39, 0.29) is 12.1 Å². The van der Waals surface area contributed by atoms with Crippen LogP contribution >= 0.6 is 11.6 Å². The lowest BCUT2D eigenvalue weighted by Gasteiger charge is -2.35. The van der Waals surface area contributed by atoms with Gasteiger partial charge in [-0.3, -0.25) is 0 Å². The number of rotatable bonds is 6. The number of urea groups is 1. The van der Waals surface area contributed by atoms with Gasteiger partial charge in [0, 0.05) is 43.9 Å². The third kappa shape index (κ3) is 6.01. The molecular formula is C17H26ClN3O2. The van der Waals surface area contributed by atoms with Crippen LogP contribution in [-0.4, -0.2) is 62.3 Å². The number of hydrogen-bond donors (Lipinski definition) is 1. The second-order valence-electron chi connectivity index (χ2n) is 6.13. The van der Waals surface area contributed by atoms with Gasteiger partial charge in [-0.05, 0) is 44.6 Å². The Kier molecular flexibility index (Phi) is 7.15. The van der Waals surface area contributed by atoms with Gasteiger partial charge in [-0.1, -0.05) is 23.7 Å². The van der Waals surface area contributed by atoms with Crippen LogP contribution in [0.2, 0.25) is 5.02 Å². The molecule has 1 aliphatic heterocycles. The monoisotopic (exact) mass is 339 g/mol. The van der Waals surface area contributed by atoms with Crippen LogP contribution in [-0.2, 0) is 11.3 Å². The van der Waals surface area contributed by atoms with Gasteiger partial charge in [-0.2, -0.15) is 0 Å². The quantitative estimate of drug-likeness (QED) is 0.866. The highest BCUT2D eigenvalue weighted by atomic mass is 35.5. The van der Waals surface area contributed by atoms with Crippen LogP contribution in [0.25, 0.3) is 0 Å². The van der Waals surface area contributed by atoms with Crippen LogP contribution < -0.4 is 5.32 Å². The Labute approximate surface area is 143 Å². The summed E-state index contributed by atoms with van der Waals surface area (Å²) in [6.45, 7) is 3.55. The molecule has 2 amide bonds. The minimum Gasteiger partial charge on any atom is -0.381 e. The lowest BCUT2D eigenvalue weighted by molar-refractivity contribution is 0.0443. The van der Waals surface area contributed by atoms with Crippen molar-refractivity contribution in [1.29, 1.82) is 0 Å². The summed E-state index contributed by atoms with van der Waals surface area (Å²) in [5, 5.41) is 3.73. The molecule has 1 aliphatic rings. The zero-order valence-electron chi connectivity index (χ0n) is 13.9. The van der Waals surface area contributed by atoms with E-state index in [4.69, 9.17) is 16.3 Å². The van der Waals surface area contributed by atoms with Crippen LogP contribution in [0.15, 0.2) is 24.3 Å². The van der Waals surface area contributed by atoms with Crippen molar-refractivity contribution in [3.8, 4) is 0 Å². The molecule has 1 N–H and O–H groups in total. The lowest BCUT2D eigenvalue weighted by Crippen LogP contribution is -2.50. The van der Waals surface area contributed by atoms with Crippen molar-refractivity contribution in [3.63, 3.8) is 0 Å². The summed E-state index contributed by atoms with van der Waals surface area (Å²) in [5.74, 6) is 0. The molecule has 23 heavy (non-hydrogen) atoms. The van der Waals surface area contributed by atoms with Crippen LogP contribution in [0.1, 0.15) is 18.4 Å². The first kappa shape index (κ1) is 18.0. The Hall–Kier alpha value is -1.30. The van der Waals surface area contributed by atoms with Crippen molar-refractivity contribution < 1.29 is 9.53 Å². The summed E-state index contributed by atoms with van der Waals surface area (Å²) >= 11 is 5.89. The van der Waals surface area contributed by atoms with Crippen LogP contribution in [0.3, 0.4) is 0 Å². The highest BCUT2D eigenvalue weighted by Gasteiger charge is 2.25. The van der Waals surface area contributed by atoms with Gasteiger partial charge in [0.2, 0.25) is 0 Å². The van der Waals surface area contributed by atoms with Gasteiger partial charge < -0.3 is 19.9 Å². The third-order valence-electron chi connectivity index (χ3n) is 4.04. The molecule has 5 nitrogen and oxygen atoms in total. The second-order valence-corrected chi connectivity index (χ2v) is 6.56. The Bertz CT molecular complexity index is 487. The van der Waals surface area contributed by atoms with Gasteiger partial charge in [0.15, 0.2) is 0 Å². The van der Waals surface area contributed by atoms with Crippen molar-refractivity contribution >= 4 is 17.6 Å². The molecule has 1 fully saturated rings. The summed E-state index contributed by atoms with van der Waals surface area (Å²) in [6, 6.07) is 7.79. The van der Waals surface area contributed by atoms with E-state index in [1.165, 1.54) is 0 Å². The van der Waals surface area contributed by atoms with Gasteiger partial charge in [0.25, 0.3) is 0 Å². The van der Waals surface area contributed by atoms with Gasteiger partial charge in [0.05, 0.1) is 0 Å². The fraction of sp³-hybridized carbons (Fsp3) is 0.588. The number of amides is 2. The molecule has 2 rings (SSSR count). The van der Waals surface area contributed by atoms with E-state index in [2.05, 4.69) is 10.2 Å². The van der Waals surface area contributed by atoms with E-state index < -0.39 is 0 Å². The van der Waals surface area contributed by atoms with Gasteiger partial charge in [-0.15, -0.1) is 0 Å². The van der Waals surface area contributed by atoms with Crippen molar-refractivity contribution in [2.24, 2.45) is 0 Å². The number of carbonyl (C=O) groups is 1. The number of hydrogen-bond acceptors (Lipinski definition) is 3. The minimum atomic E-state index is -0.00583. The molecule has 0 atom stereocenters. The number of carbonyl (C=O) groups excluding carboxylic acids is 1. The maximum atomic E-state index is 12.6. The summed E-state index contributed by atoms with van der Waals surface area (Å²) in [5.41, 5.74) is 1.04. The molecule has 6 heteroatoms. The first-order valence-electron chi connectivity index (χ1n) is 8.07. The molecule has 0 saturated carbocycles. The number of ether oxygens (including phenoxy) is 1. The molecule has 1 aromatic rings. The predicted octanol–water partition coefficient (Wildman–Crippen LogP) is 2.59. The predicted molar refractivity (Wildman–Crippen MR) is 92.8 cm³/mol. The van der Waals surface area contributed by atoms with Crippen LogP contribution in [0, 0.1) is 0 Å². The van der Waals surface area contributed by atoms with E-state index in [9.17, 15) is 4.79 Å². The molecule has 0 radical (unpaired) electrons. The smallest absolute Gasteiger partial charge is 0.317 e. The standard InChI is InChI=1S/C17H26ClN3O2/c1-20(2)9-10-21(16-7-11-23-12-8-16)17(22)19-13-14-3-5-15(18)6-4-14/h3-6,16H,7-13H2,1-2H3,(H,19,22). The van der Waals surface area contributed by atoms with Crippen molar-refractivity contribution in [2.45, 2.75) is 25.4 Å². The van der Waals surface area contributed by atoms with E-state index in [1.54, 1.807) is 0 Å². The summed E-state index contributed by atoms with van der Waals surface area (Å²) in [7, 11) is 4.04. The maximum Gasteiger partial charge on any atom is 0.317 e. The number of nitrogens with one attached hydrogen (secondary N) is 1. The lowest BCUT2D eigenvalue weighted by atomic mass is 10.1. The molecule has 0 aliphatic carbocycles. The van der Waals surface area contributed by atoms with Crippen molar-refractivity contribution in [1.82, 2.24) is 15.1 Å². The summed E-state index contributed by atoms with van der Waals surface area (Å²) in [4.78, 5) is 16.7. The Balaban J connectivity index is 1.92. The molecule has 1 aromatic carbocycles. The van der Waals surface area contributed by atoms with Gasteiger partial charge >= 0.3 is 6.03 Å². The molecule has 0 spiro atoms. The molecule has 1 heterocycles. The van der Waals surface area contributed by atoms with Gasteiger partial charge in [0.1, 0.15) is 0 Å². The first-order valence-corrected chi connectivity index (χ1v) is 8.45. The fourth-order valence-corrected chi connectivity index (χ4v) is 2.76. The van der Waals surface area contributed by atoms with E-state index in [1.807, 2.05) is 43.3 Å². The summed E-state index contributed by atoms with van der Waals surface area (Å²) < 4.78 is 5.41. The highest BCUT2D eigenvalue weighted by molar-refractivity contribution is 6.30.